The van der Waals surface area contributed by atoms with Crippen LogP contribution >= 0.6 is 0 Å². The lowest BCUT2D eigenvalue weighted by atomic mass is 10.1. The first-order valence-corrected chi connectivity index (χ1v) is 6.57. The van der Waals surface area contributed by atoms with Crippen LogP contribution in [0.2, 0.25) is 0 Å². The summed E-state index contributed by atoms with van der Waals surface area (Å²) in [6.45, 7) is 21.7. The predicted molar refractivity (Wildman–Crippen MR) is 98.8 cm³/mol. The molecule has 0 saturated carbocycles. The first-order chi connectivity index (χ1) is 10.9. The zero-order chi connectivity index (χ0) is 17.8. The van der Waals surface area contributed by atoms with Gasteiger partial charge in [0, 0.05) is 11.8 Å². The lowest BCUT2D eigenvalue weighted by Crippen LogP contribution is -2.10. The van der Waals surface area contributed by atoms with E-state index in [0.717, 1.165) is 6.08 Å². The van der Waals surface area contributed by atoms with Crippen LogP contribution in [0.25, 0.3) is 0 Å². The standard InChI is InChI=1S/C19H20N2O2/c1-7-12-15(16(9-3)20-11-5)13-18(14(6)8-2)21-17(10-4)19(22)23/h7-13H,1-6H2,(H,22,23)/b15-12-,18-13+,20-16-,21-17+. The van der Waals surface area contributed by atoms with E-state index in [2.05, 4.69) is 49.5 Å². The summed E-state index contributed by atoms with van der Waals surface area (Å²) in [5.41, 5.74) is 1.69. The van der Waals surface area contributed by atoms with Crippen LogP contribution in [-0.4, -0.2) is 22.5 Å². The van der Waals surface area contributed by atoms with Gasteiger partial charge in [0.15, 0.2) is 0 Å². The third-order valence-corrected chi connectivity index (χ3v) is 2.54. The minimum Gasteiger partial charge on any atom is -0.477 e. The molecule has 0 radical (unpaired) electrons. The average Bonchev–Trinajstić information content (AvgIpc) is 2.54. The van der Waals surface area contributed by atoms with Gasteiger partial charge in [-0.2, -0.15) is 0 Å². The molecule has 0 spiro atoms. The molecule has 0 aromatic rings. The SMILES string of the molecule is C=C/C=C(/C=C(/N=C(\C=C)C(=O)O)C(=C)C=C)C(\C=C)=N/C=C. The molecule has 0 heterocycles. The fourth-order valence-corrected chi connectivity index (χ4v) is 1.44. The van der Waals surface area contributed by atoms with Crippen LogP contribution in [0.1, 0.15) is 0 Å². The van der Waals surface area contributed by atoms with E-state index >= 15 is 0 Å². The molecule has 0 unspecified atom stereocenters. The molecule has 1 N–H and O–H groups in total. The number of hydrogen-bond acceptors (Lipinski definition) is 3. The van der Waals surface area contributed by atoms with Gasteiger partial charge in [-0.05, 0) is 23.8 Å². The van der Waals surface area contributed by atoms with Crippen molar-refractivity contribution in [3.8, 4) is 0 Å². The molecule has 0 aromatic heterocycles. The van der Waals surface area contributed by atoms with Gasteiger partial charge in [-0.1, -0.05) is 57.7 Å². The van der Waals surface area contributed by atoms with Gasteiger partial charge in [0.1, 0.15) is 5.71 Å². The minimum absolute atomic E-state index is 0.210. The van der Waals surface area contributed by atoms with E-state index in [1.807, 2.05) is 0 Å². The van der Waals surface area contributed by atoms with Crippen LogP contribution in [0.3, 0.4) is 0 Å². The number of carbonyl (C=O) groups is 1. The Hall–Kier alpha value is -3.27. The molecule has 23 heavy (non-hydrogen) atoms. The molecular formula is C19H20N2O2. The lowest BCUT2D eigenvalue weighted by molar-refractivity contribution is -0.129. The predicted octanol–water partition coefficient (Wildman–Crippen LogP) is 4.21. The number of allylic oxidation sites excluding steroid dienone is 6. The molecule has 0 aliphatic rings. The Kier molecular flexibility index (Phi) is 8.97. The van der Waals surface area contributed by atoms with Crippen LogP contribution in [0.4, 0.5) is 0 Å². The average molecular weight is 308 g/mol. The van der Waals surface area contributed by atoms with E-state index < -0.39 is 5.97 Å². The highest BCUT2D eigenvalue weighted by molar-refractivity contribution is 6.40. The Labute approximate surface area is 137 Å². The van der Waals surface area contributed by atoms with Gasteiger partial charge in [0.2, 0.25) is 0 Å². The highest BCUT2D eigenvalue weighted by atomic mass is 16.4. The molecule has 0 bridgehead atoms. The number of carboxylic acids is 1. The Morgan fingerprint density at radius 1 is 0.957 bits per heavy atom. The number of nitrogens with zero attached hydrogens (tertiary/aromatic N) is 2. The highest BCUT2D eigenvalue weighted by Crippen LogP contribution is 2.16. The summed E-state index contributed by atoms with van der Waals surface area (Å²) in [5, 5.41) is 9.08. The fourth-order valence-electron chi connectivity index (χ4n) is 1.44. The third-order valence-electron chi connectivity index (χ3n) is 2.54. The largest absolute Gasteiger partial charge is 0.477 e. The van der Waals surface area contributed by atoms with Crippen molar-refractivity contribution in [1.82, 2.24) is 0 Å². The van der Waals surface area contributed by atoms with Crippen molar-refractivity contribution in [3.63, 3.8) is 0 Å². The van der Waals surface area contributed by atoms with E-state index in [1.165, 1.54) is 18.4 Å². The summed E-state index contributed by atoms with van der Waals surface area (Å²) < 4.78 is 0. The summed E-state index contributed by atoms with van der Waals surface area (Å²) in [6, 6.07) is 0. The normalized spacial score (nSPS) is 13.0. The second-order valence-corrected chi connectivity index (χ2v) is 4.02. The second kappa shape index (κ2) is 10.5. The zero-order valence-corrected chi connectivity index (χ0v) is 13.0. The van der Waals surface area contributed by atoms with E-state index in [9.17, 15) is 4.79 Å². The molecule has 0 amide bonds. The molecular weight excluding hydrogens is 288 g/mol. The van der Waals surface area contributed by atoms with Crippen LogP contribution in [0.15, 0.2) is 109 Å². The van der Waals surface area contributed by atoms with Gasteiger partial charge < -0.3 is 5.11 Å². The van der Waals surface area contributed by atoms with Crippen LogP contribution < -0.4 is 0 Å². The van der Waals surface area contributed by atoms with Crippen LogP contribution in [-0.2, 0) is 4.79 Å². The van der Waals surface area contributed by atoms with Gasteiger partial charge >= 0.3 is 5.97 Å². The molecule has 0 aliphatic carbocycles. The van der Waals surface area contributed by atoms with Crippen molar-refractivity contribution in [2.75, 3.05) is 0 Å². The minimum atomic E-state index is -1.19. The number of rotatable bonds is 10. The fraction of sp³-hybridized carbons (Fsp3) is 0. The monoisotopic (exact) mass is 308 g/mol. The van der Waals surface area contributed by atoms with Gasteiger partial charge in [-0.25, -0.2) is 9.79 Å². The van der Waals surface area contributed by atoms with Crippen molar-refractivity contribution in [2.45, 2.75) is 0 Å². The van der Waals surface area contributed by atoms with Gasteiger partial charge in [-0.15, -0.1) is 0 Å². The number of carboxylic acid groups (broad SMARTS) is 1. The summed E-state index contributed by atoms with van der Waals surface area (Å²) in [7, 11) is 0. The maximum Gasteiger partial charge on any atom is 0.354 e. The van der Waals surface area contributed by atoms with Crippen molar-refractivity contribution >= 4 is 17.4 Å². The summed E-state index contributed by atoms with van der Waals surface area (Å²) in [6.07, 6.45) is 10.4. The van der Waals surface area contributed by atoms with Gasteiger partial charge in [0.25, 0.3) is 0 Å². The molecule has 0 rings (SSSR count). The molecule has 0 aliphatic heterocycles. The first-order valence-electron chi connectivity index (χ1n) is 6.57. The van der Waals surface area contributed by atoms with E-state index in [-0.39, 0.29) is 5.71 Å². The summed E-state index contributed by atoms with van der Waals surface area (Å²) in [5.74, 6) is -1.19. The maximum absolute atomic E-state index is 11.1. The van der Waals surface area contributed by atoms with Gasteiger partial charge in [0.05, 0.1) is 11.4 Å². The van der Waals surface area contributed by atoms with Crippen LogP contribution in [0, 0.1) is 0 Å². The number of aliphatic imine (C=N–C) groups is 2. The van der Waals surface area contributed by atoms with Crippen molar-refractivity contribution in [1.29, 1.82) is 0 Å². The number of hydrogen-bond donors (Lipinski definition) is 1. The lowest BCUT2D eigenvalue weighted by Gasteiger charge is -2.06. The molecule has 0 atom stereocenters. The maximum atomic E-state index is 11.1. The van der Waals surface area contributed by atoms with E-state index in [1.54, 1.807) is 18.2 Å². The Morgan fingerprint density at radius 2 is 1.57 bits per heavy atom. The van der Waals surface area contributed by atoms with Crippen molar-refractivity contribution < 1.29 is 9.90 Å². The van der Waals surface area contributed by atoms with Crippen molar-refractivity contribution in [3.05, 3.63) is 99.0 Å². The molecule has 0 fully saturated rings. The quantitative estimate of drug-likeness (QED) is 0.485. The Bertz CT molecular complexity index is 671. The summed E-state index contributed by atoms with van der Waals surface area (Å²) in [4.78, 5) is 19.3. The highest BCUT2D eigenvalue weighted by Gasteiger charge is 2.09. The molecule has 4 heteroatoms. The topological polar surface area (TPSA) is 62.0 Å². The number of aliphatic carboxylic acids is 1. The van der Waals surface area contributed by atoms with Crippen molar-refractivity contribution in [2.24, 2.45) is 9.98 Å². The van der Waals surface area contributed by atoms with E-state index in [4.69, 9.17) is 5.11 Å². The second-order valence-electron chi connectivity index (χ2n) is 4.02. The third kappa shape index (κ3) is 6.35. The molecule has 4 nitrogen and oxygen atoms in total. The smallest absolute Gasteiger partial charge is 0.354 e. The van der Waals surface area contributed by atoms with E-state index in [0.29, 0.717) is 22.6 Å². The molecule has 0 saturated heterocycles. The molecule has 0 aromatic carbocycles. The Balaban J connectivity index is 6.34. The molecule has 118 valence electrons. The summed E-state index contributed by atoms with van der Waals surface area (Å²) >= 11 is 0. The first kappa shape index (κ1) is 19.7. The zero-order valence-electron chi connectivity index (χ0n) is 13.0. The Morgan fingerprint density at radius 3 is 1.96 bits per heavy atom. The van der Waals surface area contributed by atoms with Crippen LogP contribution in [0.5, 0.6) is 0 Å². The van der Waals surface area contributed by atoms with Gasteiger partial charge in [-0.3, -0.25) is 4.99 Å².